The summed E-state index contributed by atoms with van der Waals surface area (Å²) in [6, 6.07) is 3.55. The average Bonchev–Trinajstić information content (AvgIpc) is 2.19. The van der Waals surface area contributed by atoms with Crippen molar-refractivity contribution in [2.75, 3.05) is 6.54 Å². The Bertz CT molecular complexity index is 366. The van der Waals surface area contributed by atoms with Crippen LogP contribution in [0.3, 0.4) is 0 Å². The van der Waals surface area contributed by atoms with Crippen molar-refractivity contribution in [3.8, 4) is 0 Å². The van der Waals surface area contributed by atoms with Crippen molar-refractivity contribution < 1.29 is 13.9 Å². The molecule has 1 aliphatic carbocycles. The van der Waals surface area contributed by atoms with Crippen LogP contribution in [-0.4, -0.2) is 17.7 Å². The molecule has 1 fully saturated rings. The maximum atomic E-state index is 13.3. The Morgan fingerprint density at radius 3 is 2.75 bits per heavy atom. The average molecular weight is 227 g/mol. The summed E-state index contributed by atoms with van der Waals surface area (Å²) >= 11 is 0. The van der Waals surface area contributed by atoms with Gasteiger partial charge in [0.05, 0.1) is 6.10 Å². The van der Waals surface area contributed by atoms with E-state index in [1.807, 2.05) is 0 Å². The monoisotopic (exact) mass is 227 g/mol. The second-order valence-corrected chi connectivity index (χ2v) is 4.22. The lowest BCUT2D eigenvalue weighted by Gasteiger charge is -2.27. The lowest BCUT2D eigenvalue weighted by atomic mass is 9.93. The summed E-state index contributed by atoms with van der Waals surface area (Å²) in [5, 5.41) is 12.9. The number of aliphatic hydroxyl groups excluding tert-OH is 1. The summed E-state index contributed by atoms with van der Waals surface area (Å²) in [6.07, 6.45) is 2.40. The van der Waals surface area contributed by atoms with E-state index < -0.39 is 17.7 Å². The zero-order valence-corrected chi connectivity index (χ0v) is 8.92. The van der Waals surface area contributed by atoms with E-state index in [1.165, 1.54) is 6.42 Å². The van der Waals surface area contributed by atoms with Gasteiger partial charge in [-0.3, -0.25) is 0 Å². The van der Waals surface area contributed by atoms with E-state index in [0.29, 0.717) is 6.04 Å². The molecule has 0 saturated heterocycles. The first-order valence-corrected chi connectivity index (χ1v) is 5.53. The Labute approximate surface area is 93.3 Å². The molecular formula is C12H15F2NO. The van der Waals surface area contributed by atoms with Gasteiger partial charge in [0, 0.05) is 18.2 Å². The molecule has 0 amide bonds. The lowest BCUT2D eigenvalue weighted by molar-refractivity contribution is 0.157. The minimum absolute atomic E-state index is 0.0202. The Morgan fingerprint density at radius 1 is 1.38 bits per heavy atom. The van der Waals surface area contributed by atoms with Crippen LogP contribution in [0.1, 0.15) is 30.9 Å². The first-order valence-electron chi connectivity index (χ1n) is 5.53. The maximum Gasteiger partial charge on any atom is 0.129 e. The minimum Gasteiger partial charge on any atom is -0.387 e. The number of hydrogen-bond acceptors (Lipinski definition) is 2. The van der Waals surface area contributed by atoms with Gasteiger partial charge in [-0.2, -0.15) is 0 Å². The fraction of sp³-hybridized carbons (Fsp3) is 0.500. The molecule has 1 aromatic rings. The number of benzene rings is 1. The standard InChI is InChI=1S/C12H15F2NO/c13-8-4-5-11(14)10(6-8)12(16)7-15-9-2-1-3-9/h4-6,9,12,15-16H,1-3,7H2. The van der Waals surface area contributed by atoms with Gasteiger partial charge in [-0.05, 0) is 31.0 Å². The van der Waals surface area contributed by atoms with Crippen molar-refractivity contribution in [1.29, 1.82) is 0 Å². The van der Waals surface area contributed by atoms with Gasteiger partial charge in [0.2, 0.25) is 0 Å². The van der Waals surface area contributed by atoms with Gasteiger partial charge in [-0.15, -0.1) is 0 Å². The number of nitrogens with one attached hydrogen (secondary N) is 1. The molecule has 0 bridgehead atoms. The smallest absolute Gasteiger partial charge is 0.129 e. The highest BCUT2D eigenvalue weighted by Gasteiger charge is 2.19. The maximum absolute atomic E-state index is 13.3. The van der Waals surface area contributed by atoms with Crippen LogP contribution < -0.4 is 5.32 Å². The quantitative estimate of drug-likeness (QED) is 0.826. The van der Waals surface area contributed by atoms with Crippen molar-refractivity contribution in [2.45, 2.75) is 31.4 Å². The molecule has 2 nitrogen and oxygen atoms in total. The Morgan fingerprint density at radius 2 is 2.12 bits per heavy atom. The lowest BCUT2D eigenvalue weighted by Crippen LogP contribution is -2.37. The largest absolute Gasteiger partial charge is 0.387 e. The summed E-state index contributed by atoms with van der Waals surface area (Å²) in [7, 11) is 0. The Kier molecular flexibility index (Phi) is 3.51. The molecule has 2 rings (SSSR count). The molecule has 1 atom stereocenters. The van der Waals surface area contributed by atoms with E-state index in [0.717, 1.165) is 31.0 Å². The molecule has 2 N–H and O–H groups in total. The van der Waals surface area contributed by atoms with E-state index >= 15 is 0 Å². The highest BCUT2D eigenvalue weighted by molar-refractivity contribution is 5.21. The molecule has 0 radical (unpaired) electrons. The van der Waals surface area contributed by atoms with Gasteiger partial charge in [0.25, 0.3) is 0 Å². The van der Waals surface area contributed by atoms with Crippen LogP contribution in [0, 0.1) is 11.6 Å². The van der Waals surface area contributed by atoms with Crippen LogP contribution in [-0.2, 0) is 0 Å². The predicted octanol–water partition coefficient (Wildman–Crippen LogP) is 2.14. The molecule has 0 aromatic heterocycles. The van der Waals surface area contributed by atoms with E-state index in [2.05, 4.69) is 5.32 Å². The molecule has 0 heterocycles. The van der Waals surface area contributed by atoms with Crippen LogP contribution in [0.5, 0.6) is 0 Å². The number of rotatable bonds is 4. The number of aliphatic hydroxyl groups is 1. The summed E-state index contributed by atoms with van der Waals surface area (Å²) < 4.78 is 26.2. The fourth-order valence-corrected chi connectivity index (χ4v) is 1.77. The topological polar surface area (TPSA) is 32.3 Å². The highest BCUT2D eigenvalue weighted by Crippen LogP contribution is 2.21. The third-order valence-corrected chi connectivity index (χ3v) is 3.02. The molecule has 1 aliphatic rings. The molecular weight excluding hydrogens is 212 g/mol. The summed E-state index contributed by atoms with van der Waals surface area (Å²) in [4.78, 5) is 0. The second-order valence-electron chi connectivity index (χ2n) is 4.22. The van der Waals surface area contributed by atoms with E-state index in [9.17, 15) is 13.9 Å². The van der Waals surface area contributed by atoms with Crippen LogP contribution in [0.25, 0.3) is 0 Å². The van der Waals surface area contributed by atoms with Crippen LogP contribution >= 0.6 is 0 Å². The molecule has 4 heteroatoms. The van der Waals surface area contributed by atoms with Crippen molar-refractivity contribution in [1.82, 2.24) is 5.32 Å². The Balaban J connectivity index is 1.95. The van der Waals surface area contributed by atoms with Crippen LogP contribution in [0.2, 0.25) is 0 Å². The molecule has 16 heavy (non-hydrogen) atoms. The normalized spacial score (nSPS) is 18.2. The van der Waals surface area contributed by atoms with Gasteiger partial charge in [-0.25, -0.2) is 8.78 Å². The van der Waals surface area contributed by atoms with Gasteiger partial charge in [-0.1, -0.05) is 6.42 Å². The van der Waals surface area contributed by atoms with Gasteiger partial charge < -0.3 is 10.4 Å². The van der Waals surface area contributed by atoms with Gasteiger partial charge >= 0.3 is 0 Å². The van der Waals surface area contributed by atoms with Crippen LogP contribution in [0.4, 0.5) is 8.78 Å². The van der Waals surface area contributed by atoms with E-state index in [-0.39, 0.29) is 12.1 Å². The Hall–Kier alpha value is -1.00. The highest BCUT2D eigenvalue weighted by atomic mass is 19.1. The van der Waals surface area contributed by atoms with Crippen molar-refractivity contribution in [3.05, 3.63) is 35.4 Å². The molecule has 88 valence electrons. The zero-order chi connectivity index (χ0) is 11.5. The second kappa shape index (κ2) is 4.89. The predicted molar refractivity (Wildman–Crippen MR) is 57.0 cm³/mol. The summed E-state index contributed by atoms with van der Waals surface area (Å²) in [5.74, 6) is -1.09. The number of halogens is 2. The van der Waals surface area contributed by atoms with Crippen molar-refractivity contribution in [2.24, 2.45) is 0 Å². The SMILES string of the molecule is OC(CNC1CCC1)c1cc(F)ccc1F. The fourth-order valence-electron chi connectivity index (χ4n) is 1.77. The zero-order valence-electron chi connectivity index (χ0n) is 8.92. The molecule has 0 aliphatic heterocycles. The molecule has 1 saturated carbocycles. The third kappa shape index (κ3) is 2.57. The summed E-state index contributed by atoms with van der Waals surface area (Å²) in [6.45, 7) is 0.269. The minimum atomic E-state index is -0.990. The van der Waals surface area contributed by atoms with Gasteiger partial charge in [0.1, 0.15) is 11.6 Å². The summed E-state index contributed by atoms with van der Waals surface area (Å²) in [5.41, 5.74) is 0.0202. The third-order valence-electron chi connectivity index (χ3n) is 3.02. The first kappa shape index (κ1) is 11.5. The van der Waals surface area contributed by atoms with Crippen LogP contribution in [0.15, 0.2) is 18.2 Å². The van der Waals surface area contributed by atoms with E-state index in [1.54, 1.807) is 0 Å². The number of hydrogen-bond donors (Lipinski definition) is 2. The molecule has 1 aromatic carbocycles. The first-order chi connectivity index (χ1) is 7.66. The van der Waals surface area contributed by atoms with Crippen molar-refractivity contribution >= 4 is 0 Å². The van der Waals surface area contributed by atoms with Gasteiger partial charge in [0.15, 0.2) is 0 Å². The molecule has 0 spiro atoms. The molecule has 1 unspecified atom stereocenters. The van der Waals surface area contributed by atoms with E-state index in [4.69, 9.17) is 0 Å². The van der Waals surface area contributed by atoms with Crippen molar-refractivity contribution in [3.63, 3.8) is 0 Å².